The lowest BCUT2D eigenvalue weighted by Crippen LogP contribution is -2.17. The van der Waals surface area contributed by atoms with Crippen molar-refractivity contribution in [3.8, 4) is 5.75 Å². The highest BCUT2D eigenvalue weighted by Gasteiger charge is 2.22. The molecule has 88 valence electrons. The van der Waals surface area contributed by atoms with Gasteiger partial charge in [0.05, 0.1) is 4.91 Å². The van der Waals surface area contributed by atoms with Crippen LogP contribution < -0.4 is 5.32 Å². The summed E-state index contributed by atoms with van der Waals surface area (Å²) in [7, 11) is 0. The molecular formula is C12H11NO2S2. The molecule has 0 radical (unpaired) electrons. The molecule has 3 nitrogen and oxygen atoms in total. The van der Waals surface area contributed by atoms with Crippen LogP contribution in [0.25, 0.3) is 6.08 Å². The van der Waals surface area contributed by atoms with Crippen LogP contribution in [0, 0.1) is 13.8 Å². The van der Waals surface area contributed by atoms with Gasteiger partial charge in [0.25, 0.3) is 5.91 Å². The largest absolute Gasteiger partial charge is 0.508 e. The summed E-state index contributed by atoms with van der Waals surface area (Å²) in [5.41, 5.74) is 2.63. The normalized spacial score (nSPS) is 17.6. The molecule has 1 aliphatic rings. The van der Waals surface area contributed by atoms with Gasteiger partial charge in [0.2, 0.25) is 0 Å². The summed E-state index contributed by atoms with van der Waals surface area (Å²) in [6, 6.07) is 3.55. The second kappa shape index (κ2) is 4.50. The molecule has 17 heavy (non-hydrogen) atoms. The summed E-state index contributed by atoms with van der Waals surface area (Å²) in [5, 5.41) is 12.1. The van der Waals surface area contributed by atoms with Crippen molar-refractivity contribution in [2.45, 2.75) is 13.8 Å². The van der Waals surface area contributed by atoms with Crippen molar-refractivity contribution in [1.82, 2.24) is 5.32 Å². The SMILES string of the molecule is Cc1cc(C=C2SC(=S)NC2=O)c(C)cc1O. The van der Waals surface area contributed by atoms with E-state index in [9.17, 15) is 9.90 Å². The number of aryl methyl sites for hydroxylation is 2. The second-order valence-electron chi connectivity index (χ2n) is 3.85. The first-order valence-electron chi connectivity index (χ1n) is 5.02. The predicted octanol–water partition coefficient (Wildman–Crippen LogP) is 2.50. The molecule has 2 rings (SSSR count). The number of thiocarbonyl (C=S) groups is 1. The summed E-state index contributed by atoms with van der Waals surface area (Å²) >= 11 is 6.18. The third-order valence-corrected chi connectivity index (χ3v) is 3.68. The predicted molar refractivity (Wildman–Crippen MR) is 73.9 cm³/mol. The third-order valence-electron chi connectivity index (χ3n) is 2.51. The van der Waals surface area contributed by atoms with E-state index in [1.165, 1.54) is 11.8 Å². The van der Waals surface area contributed by atoms with Gasteiger partial charge in [-0.2, -0.15) is 0 Å². The fraction of sp³-hybridized carbons (Fsp3) is 0.167. The zero-order valence-corrected chi connectivity index (χ0v) is 11.0. The zero-order chi connectivity index (χ0) is 12.6. The van der Waals surface area contributed by atoms with Gasteiger partial charge in [-0.05, 0) is 48.7 Å². The molecule has 1 fully saturated rings. The number of hydrogen-bond donors (Lipinski definition) is 2. The van der Waals surface area contributed by atoms with Crippen LogP contribution in [0.2, 0.25) is 0 Å². The number of carbonyl (C=O) groups excluding carboxylic acids is 1. The lowest BCUT2D eigenvalue weighted by molar-refractivity contribution is -0.115. The van der Waals surface area contributed by atoms with E-state index in [1.54, 1.807) is 12.1 Å². The maximum absolute atomic E-state index is 11.5. The van der Waals surface area contributed by atoms with Gasteiger partial charge in [0.1, 0.15) is 10.1 Å². The zero-order valence-electron chi connectivity index (χ0n) is 9.40. The highest BCUT2D eigenvalue weighted by atomic mass is 32.2. The van der Waals surface area contributed by atoms with Crippen LogP contribution in [-0.4, -0.2) is 15.3 Å². The molecule has 1 aromatic carbocycles. The number of thioether (sulfide) groups is 1. The summed E-state index contributed by atoms with van der Waals surface area (Å²) in [6.45, 7) is 3.71. The first-order chi connectivity index (χ1) is 7.97. The smallest absolute Gasteiger partial charge is 0.263 e. The molecule has 1 amide bonds. The molecule has 1 aromatic rings. The number of nitrogens with one attached hydrogen (secondary N) is 1. The highest BCUT2D eigenvalue weighted by Crippen LogP contribution is 2.29. The molecule has 5 heteroatoms. The van der Waals surface area contributed by atoms with Gasteiger partial charge < -0.3 is 10.4 Å². The van der Waals surface area contributed by atoms with Gasteiger partial charge in [0, 0.05) is 0 Å². The van der Waals surface area contributed by atoms with Crippen LogP contribution >= 0.6 is 24.0 Å². The lowest BCUT2D eigenvalue weighted by Gasteiger charge is -2.05. The third kappa shape index (κ3) is 2.50. The first kappa shape index (κ1) is 12.1. The minimum Gasteiger partial charge on any atom is -0.508 e. The lowest BCUT2D eigenvalue weighted by atomic mass is 10.0. The molecule has 1 heterocycles. The summed E-state index contributed by atoms with van der Waals surface area (Å²) < 4.78 is 0.481. The van der Waals surface area contributed by atoms with Crippen molar-refractivity contribution in [3.05, 3.63) is 33.7 Å². The van der Waals surface area contributed by atoms with Crippen LogP contribution in [0.4, 0.5) is 0 Å². The van der Waals surface area contributed by atoms with Gasteiger partial charge in [-0.15, -0.1) is 0 Å². The maximum atomic E-state index is 11.5. The second-order valence-corrected chi connectivity index (χ2v) is 5.57. The van der Waals surface area contributed by atoms with Gasteiger partial charge in [-0.25, -0.2) is 0 Å². The number of carbonyl (C=O) groups is 1. The molecule has 0 unspecified atom stereocenters. The van der Waals surface area contributed by atoms with Crippen molar-refractivity contribution >= 4 is 40.3 Å². The Kier molecular flexibility index (Phi) is 3.22. The Morgan fingerprint density at radius 3 is 2.65 bits per heavy atom. The van der Waals surface area contributed by atoms with Crippen molar-refractivity contribution in [2.24, 2.45) is 0 Å². The van der Waals surface area contributed by atoms with E-state index < -0.39 is 0 Å². The topological polar surface area (TPSA) is 49.3 Å². The summed E-state index contributed by atoms with van der Waals surface area (Å²) in [4.78, 5) is 12.1. The van der Waals surface area contributed by atoms with E-state index in [1.807, 2.05) is 19.9 Å². The number of phenols is 1. The molecule has 1 saturated heterocycles. The van der Waals surface area contributed by atoms with E-state index in [-0.39, 0.29) is 11.7 Å². The molecule has 0 spiro atoms. The molecule has 2 N–H and O–H groups in total. The Morgan fingerprint density at radius 2 is 2.06 bits per heavy atom. The van der Waals surface area contributed by atoms with Gasteiger partial charge in [0.15, 0.2) is 0 Å². The minimum absolute atomic E-state index is 0.162. The molecule has 0 aliphatic carbocycles. The Labute approximate surface area is 109 Å². The van der Waals surface area contributed by atoms with Crippen LogP contribution in [0.1, 0.15) is 16.7 Å². The molecule has 0 saturated carbocycles. The van der Waals surface area contributed by atoms with Gasteiger partial charge in [-0.3, -0.25) is 4.79 Å². The highest BCUT2D eigenvalue weighted by molar-refractivity contribution is 8.26. The monoisotopic (exact) mass is 265 g/mol. The van der Waals surface area contributed by atoms with Gasteiger partial charge >= 0.3 is 0 Å². The van der Waals surface area contributed by atoms with Crippen molar-refractivity contribution in [1.29, 1.82) is 0 Å². The number of aromatic hydroxyl groups is 1. The molecule has 1 aliphatic heterocycles. The van der Waals surface area contributed by atoms with Crippen molar-refractivity contribution < 1.29 is 9.90 Å². The Morgan fingerprint density at radius 1 is 1.35 bits per heavy atom. The van der Waals surface area contributed by atoms with E-state index in [0.29, 0.717) is 9.23 Å². The number of rotatable bonds is 1. The van der Waals surface area contributed by atoms with Crippen molar-refractivity contribution in [3.63, 3.8) is 0 Å². The quantitative estimate of drug-likeness (QED) is 0.605. The van der Waals surface area contributed by atoms with Crippen LogP contribution in [0.5, 0.6) is 5.75 Å². The fourth-order valence-electron chi connectivity index (χ4n) is 1.54. The van der Waals surface area contributed by atoms with E-state index in [4.69, 9.17) is 12.2 Å². The number of benzene rings is 1. The van der Waals surface area contributed by atoms with E-state index in [2.05, 4.69) is 5.32 Å². The number of phenolic OH excluding ortho intramolecular Hbond substituents is 1. The van der Waals surface area contributed by atoms with E-state index >= 15 is 0 Å². The van der Waals surface area contributed by atoms with Crippen LogP contribution in [-0.2, 0) is 4.79 Å². The maximum Gasteiger partial charge on any atom is 0.263 e. The molecule has 0 atom stereocenters. The fourth-order valence-corrected chi connectivity index (χ4v) is 2.58. The Bertz CT molecular complexity index is 550. The standard InChI is InChI=1S/C12H11NO2S2/c1-6-4-9(14)7(2)3-8(6)5-10-11(15)13-12(16)17-10/h3-5,14H,1-2H3,(H,13,15,16). The molecular weight excluding hydrogens is 254 g/mol. The number of hydrogen-bond acceptors (Lipinski definition) is 4. The summed E-state index contributed by atoms with van der Waals surface area (Å²) in [5.74, 6) is 0.105. The first-order valence-corrected chi connectivity index (χ1v) is 6.25. The molecule has 0 aromatic heterocycles. The minimum atomic E-state index is -0.162. The van der Waals surface area contributed by atoms with Crippen LogP contribution in [0.15, 0.2) is 17.0 Å². The van der Waals surface area contributed by atoms with Gasteiger partial charge in [-0.1, -0.05) is 24.0 Å². The van der Waals surface area contributed by atoms with Crippen LogP contribution in [0.3, 0.4) is 0 Å². The average molecular weight is 265 g/mol. The number of amides is 1. The Balaban J connectivity index is 2.42. The summed E-state index contributed by atoms with van der Waals surface area (Å²) in [6.07, 6.45) is 1.79. The molecule has 0 bridgehead atoms. The van der Waals surface area contributed by atoms with E-state index in [0.717, 1.165) is 16.7 Å². The Hall–Kier alpha value is -1.33. The average Bonchev–Trinajstić information content (AvgIpc) is 2.54. The van der Waals surface area contributed by atoms with Crippen molar-refractivity contribution in [2.75, 3.05) is 0 Å².